The fourth-order valence-corrected chi connectivity index (χ4v) is 3.26. The molecule has 148 valence electrons. The number of aryl methyl sites for hydroxylation is 1. The van der Waals surface area contributed by atoms with Crippen LogP contribution in [0, 0.1) is 18.3 Å². The van der Waals surface area contributed by atoms with Crippen molar-refractivity contribution < 1.29 is 9.21 Å². The predicted octanol–water partition coefficient (Wildman–Crippen LogP) is 3.83. The highest BCUT2D eigenvalue weighted by molar-refractivity contribution is 7.99. The summed E-state index contributed by atoms with van der Waals surface area (Å²) in [6.07, 6.45) is 3.39. The molecule has 0 aliphatic heterocycles. The summed E-state index contributed by atoms with van der Waals surface area (Å²) >= 11 is 1.16. The van der Waals surface area contributed by atoms with E-state index in [1.165, 1.54) is 0 Å². The number of carbonyl (C=O) groups is 1. The van der Waals surface area contributed by atoms with Crippen molar-refractivity contribution in [1.29, 1.82) is 5.26 Å². The van der Waals surface area contributed by atoms with Crippen LogP contribution in [0.5, 0.6) is 0 Å². The number of nitrogens with zero attached hydrogens (tertiary/aromatic N) is 5. The molecule has 1 N–H and O–H groups in total. The second-order valence-corrected chi connectivity index (χ2v) is 7.33. The maximum atomic E-state index is 12.1. The third-order valence-electron chi connectivity index (χ3n) is 4.13. The lowest BCUT2D eigenvalue weighted by Crippen LogP contribution is -2.13. The molecule has 2 heterocycles. The molecule has 0 bridgehead atoms. The number of hydrogen-bond donors (Lipinski definition) is 1. The molecule has 0 spiro atoms. The van der Waals surface area contributed by atoms with E-state index >= 15 is 0 Å². The number of thioether (sulfide) groups is 1. The molecule has 8 nitrogen and oxygen atoms in total. The van der Waals surface area contributed by atoms with Crippen LogP contribution in [-0.2, 0) is 4.79 Å². The largest absolute Gasteiger partial charge is 0.410 e. The lowest BCUT2D eigenvalue weighted by atomic mass is 10.2. The average molecular weight is 416 g/mol. The van der Waals surface area contributed by atoms with E-state index in [2.05, 4.69) is 26.6 Å². The number of carbonyl (C=O) groups excluding carboxylic acids is 1. The van der Waals surface area contributed by atoms with E-state index in [1.54, 1.807) is 29.2 Å². The summed E-state index contributed by atoms with van der Waals surface area (Å²) in [6.45, 7) is 1.97. The van der Waals surface area contributed by atoms with E-state index in [9.17, 15) is 4.79 Å². The Morgan fingerprint density at radius 2 is 2.07 bits per heavy atom. The summed E-state index contributed by atoms with van der Waals surface area (Å²) in [5, 5.41) is 20.0. The molecule has 0 aliphatic carbocycles. The highest BCUT2D eigenvalue weighted by Gasteiger charge is 2.14. The molecule has 0 atom stereocenters. The van der Waals surface area contributed by atoms with E-state index in [-0.39, 0.29) is 22.8 Å². The van der Waals surface area contributed by atoms with Crippen molar-refractivity contribution in [2.24, 2.45) is 0 Å². The topological polar surface area (TPSA) is 110 Å². The van der Waals surface area contributed by atoms with Gasteiger partial charge in [0.15, 0.2) is 0 Å². The summed E-state index contributed by atoms with van der Waals surface area (Å²) in [5.41, 5.74) is 3.78. The second-order valence-electron chi connectivity index (χ2n) is 6.40. The molecule has 30 heavy (non-hydrogen) atoms. The molecule has 0 aliphatic rings. The zero-order valence-corrected chi connectivity index (χ0v) is 16.8. The van der Waals surface area contributed by atoms with Crippen LogP contribution < -0.4 is 5.32 Å². The molecule has 1 amide bonds. The predicted molar refractivity (Wildman–Crippen MR) is 112 cm³/mol. The van der Waals surface area contributed by atoms with Gasteiger partial charge in [0, 0.05) is 17.6 Å². The Morgan fingerprint density at radius 3 is 2.83 bits per heavy atom. The zero-order valence-electron chi connectivity index (χ0n) is 15.9. The Kier molecular flexibility index (Phi) is 5.59. The van der Waals surface area contributed by atoms with Crippen molar-refractivity contribution in [3.05, 3.63) is 72.2 Å². The van der Waals surface area contributed by atoms with Crippen LogP contribution in [0.15, 0.2) is 70.7 Å². The van der Waals surface area contributed by atoms with Crippen molar-refractivity contribution in [1.82, 2.24) is 19.7 Å². The van der Waals surface area contributed by atoms with Gasteiger partial charge in [0.05, 0.1) is 17.4 Å². The normalized spacial score (nSPS) is 10.5. The summed E-state index contributed by atoms with van der Waals surface area (Å²) in [4.78, 5) is 16.4. The first-order valence-electron chi connectivity index (χ1n) is 8.98. The Balaban J connectivity index is 1.37. The van der Waals surface area contributed by atoms with Crippen LogP contribution in [0.2, 0.25) is 0 Å². The summed E-state index contributed by atoms with van der Waals surface area (Å²) in [7, 11) is 0. The molecular formula is C21H16N6O2S. The van der Waals surface area contributed by atoms with E-state index in [4.69, 9.17) is 9.68 Å². The molecule has 2 aromatic carbocycles. The summed E-state index contributed by atoms with van der Waals surface area (Å²) in [6, 6.07) is 16.8. The van der Waals surface area contributed by atoms with Gasteiger partial charge in [-0.2, -0.15) is 5.26 Å². The monoisotopic (exact) mass is 416 g/mol. The van der Waals surface area contributed by atoms with Gasteiger partial charge in [-0.15, -0.1) is 10.2 Å². The first kappa shape index (κ1) is 19.4. The molecule has 0 radical (unpaired) electrons. The first-order valence-corrected chi connectivity index (χ1v) is 9.97. The molecule has 2 aromatic heterocycles. The van der Waals surface area contributed by atoms with Crippen molar-refractivity contribution in [2.75, 3.05) is 11.1 Å². The maximum absolute atomic E-state index is 12.1. The molecular weight excluding hydrogens is 400 g/mol. The maximum Gasteiger partial charge on any atom is 0.277 e. The Labute approximate surface area is 176 Å². The smallest absolute Gasteiger partial charge is 0.277 e. The van der Waals surface area contributed by atoms with Crippen molar-refractivity contribution in [3.8, 4) is 23.3 Å². The van der Waals surface area contributed by atoms with Gasteiger partial charge in [-0.3, -0.25) is 4.79 Å². The van der Waals surface area contributed by atoms with Crippen LogP contribution in [0.25, 0.3) is 17.3 Å². The first-order chi connectivity index (χ1) is 14.6. The van der Waals surface area contributed by atoms with Gasteiger partial charge in [-0.05, 0) is 48.9 Å². The van der Waals surface area contributed by atoms with Crippen LogP contribution >= 0.6 is 11.8 Å². The van der Waals surface area contributed by atoms with Gasteiger partial charge in [-0.25, -0.2) is 4.98 Å². The van der Waals surface area contributed by atoms with E-state index in [0.717, 1.165) is 28.7 Å². The third-order valence-corrected chi connectivity index (χ3v) is 4.95. The highest BCUT2D eigenvalue weighted by atomic mass is 32.2. The van der Waals surface area contributed by atoms with Gasteiger partial charge >= 0.3 is 0 Å². The van der Waals surface area contributed by atoms with E-state index < -0.39 is 0 Å². The van der Waals surface area contributed by atoms with Gasteiger partial charge in [0.25, 0.3) is 11.1 Å². The van der Waals surface area contributed by atoms with Gasteiger partial charge in [-0.1, -0.05) is 23.9 Å². The number of hydrogen-bond acceptors (Lipinski definition) is 7. The molecule has 0 saturated heterocycles. The number of nitriles is 1. The van der Waals surface area contributed by atoms with Crippen LogP contribution in [-0.4, -0.2) is 31.4 Å². The minimum absolute atomic E-state index is 0.148. The molecule has 9 heteroatoms. The number of nitrogens with one attached hydrogen (secondary N) is 1. The van der Waals surface area contributed by atoms with Crippen molar-refractivity contribution >= 4 is 23.4 Å². The van der Waals surface area contributed by atoms with E-state index in [0.29, 0.717) is 11.3 Å². The zero-order chi connectivity index (χ0) is 20.9. The summed E-state index contributed by atoms with van der Waals surface area (Å²) in [5.74, 6) is 0.259. The average Bonchev–Trinajstić information content (AvgIpc) is 3.42. The van der Waals surface area contributed by atoms with Crippen LogP contribution in [0.4, 0.5) is 5.69 Å². The van der Waals surface area contributed by atoms with Crippen LogP contribution in [0.3, 0.4) is 0 Å². The van der Waals surface area contributed by atoms with Gasteiger partial charge in [0.1, 0.15) is 12.0 Å². The fraction of sp³-hybridized carbons (Fsp3) is 0.0952. The standard InChI is InChI=1S/C21H16N6O2S/c1-14-3-2-4-16(9-14)24-19(28)12-30-21-26-25-20(29-21)18-11-27(13-23-18)17-7-5-15(10-22)6-8-17/h2-9,11,13H,12H2,1H3,(H,24,28). The number of aromatic nitrogens is 4. The lowest BCUT2D eigenvalue weighted by molar-refractivity contribution is -0.113. The second kappa shape index (κ2) is 8.63. The minimum Gasteiger partial charge on any atom is -0.410 e. The Bertz CT molecular complexity index is 1220. The SMILES string of the molecule is Cc1cccc(NC(=O)CSc2nnc(-c3cn(-c4ccc(C#N)cc4)cn3)o2)c1. The van der Waals surface area contributed by atoms with Crippen molar-refractivity contribution in [3.63, 3.8) is 0 Å². The number of benzene rings is 2. The quantitative estimate of drug-likeness (QED) is 0.476. The number of imidazole rings is 1. The third kappa shape index (κ3) is 4.56. The minimum atomic E-state index is -0.157. The molecule has 0 saturated carbocycles. The number of rotatable bonds is 6. The Hall–Kier alpha value is -3.90. The molecule has 4 rings (SSSR count). The molecule has 0 unspecified atom stereocenters. The summed E-state index contributed by atoms with van der Waals surface area (Å²) < 4.78 is 7.41. The van der Waals surface area contributed by atoms with Crippen molar-refractivity contribution in [2.45, 2.75) is 12.1 Å². The van der Waals surface area contributed by atoms with E-state index in [1.807, 2.05) is 43.3 Å². The fourth-order valence-electron chi connectivity index (χ4n) is 2.70. The molecule has 0 fully saturated rings. The van der Waals surface area contributed by atoms with Gasteiger partial charge in [0.2, 0.25) is 5.91 Å². The highest BCUT2D eigenvalue weighted by Crippen LogP contribution is 2.23. The number of amides is 1. The lowest BCUT2D eigenvalue weighted by Gasteiger charge is -2.04. The number of anilines is 1. The van der Waals surface area contributed by atoms with Crippen LogP contribution in [0.1, 0.15) is 11.1 Å². The molecule has 4 aromatic rings. The van der Waals surface area contributed by atoms with Gasteiger partial charge < -0.3 is 14.3 Å². The Morgan fingerprint density at radius 1 is 1.23 bits per heavy atom.